The Hall–Kier alpha value is -1.72. The Balaban J connectivity index is 2.72. The normalized spacial score (nSPS) is 10.6. The maximum absolute atomic E-state index is 4.11. The van der Waals surface area contributed by atoms with Crippen molar-refractivity contribution in [2.24, 2.45) is 0 Å². The van der Waals surface area contributed by atoms with Gasteiger partial charge in [0.25, 0.3) is 0 Å². The van der Waals surface area contributed by atoms with E-state index in [9.17, 15) is 0 Å². The Labute approximate surface area is 75.0 Å². The first kappa shape index (κ1) is 7.90. The molecule has 2 heterocycles. The van der Waals surface area contributed by atoms with Crippen LogP contribution in [0.2, 0.25) is 0 Å². The molecule has 0 spiro atoms. The van der Waals surface area contributed by atoms with Gasteiger partial charge in [0.05, 0.1) is 0 Å². The van der Waals surface area contributed by atoms with E-state index in [1.165, 1.54) is 6.33 Å². The fourth-order valence-electron chi connectivity index (χ4n) is 1.19. The van der Waals surface area contributed by atoms with Crippen molar-refractivity contribution >= 4 is 17.0 Å². The zero-order valence-electron chi connectivity index (χ0n) is 7.52. The summed E-state index contributed by atoms with van der Waals surface area (Å²) in [6.07, 6.45) is 1.50. The standard InChI is InChI=1S/C7H10N6/c1-3-13-7-5(11-12-13)6(8-2)9-4-10-7/h4H,3H2,1-2H3,(H,8,9,10). The van der Waals surface area contributed by atoms with Gasteiger partial charge in [-0.2, -0.15) is 0 Å². The molecular weight excluding hydrogens is 168 g/mol. The lowest BCUT2D eigenvalue weighted by atomic mass is 10.5. The smallest absolute Gasteiger partial charge is 0.183 e. The van der Waals surface area contributed by atoms with Gasteiger partial charge in [-0.3, -0.25) is 0 Å². The second-order valence-corrected chi connectivity index (χ2v) is 2.55. The summed E-state index contributed by atoms with van der Waals surface area (Å²) in [4.78, 5) is 8.14. The van der Waals surface area contributed by atoms with Crippen molar-refractivity contribution in [1.29, 1.82) is 0 Å². The molecule has 0 unspecified atom stereocenters. The quantitative estimate of drug-likeness (QED) is 0.715. The molecule has 2 aromatic rings. The summed E-state index contributed by atoms with van der Waals surface area (Å²) >= 11 is 0. The van der Waals surface area contributed by atoms with Gasteiger partial charge in [0, 0.05) is 13.6 Å². The summed E-state index contributed by atoms with van der Waals surface area (Å²) in [5.74, 6) is 0.713. The third-order valence-corrected chi connectivity index (χ3v) is 1.84. The maximum Gasteiger partial charge on any atom is 0.183 e. The van der Waals surface area contributed by atoms with Crippen molar-refractivity contribution in [3.05, 3.63) is 6.33 Å². The minimum absolute atomic E-state index is 0.713. The van der Waals surface area contributed by atoms with E-state index in [0.717, 1.165) is 12.2 Å². The first-order chi connectivity index (χ1) is 6.36. The van der Waals surface area contributed by atoms with Crippen molar-refractivity contribution in [2.75, 3.05) is 12.4 Å². The molecule has 0 aliphatic heterocycles. The molecular formula is C7H10N6. The van der Waals surface area contributed by atoms with Crippen LogP contribution in [0.25, 0.3) is 11.2 Å². The molecule has 0 amide bonds. The molecule has 0 atom stereocenters. The lowest BCUT2D eigenvalue weighted by Crippen LogP contribution is -1.99. The summed E-state index contributed by atoms with van der Waals surface area (Å²) in [5, 5.41) is 10.9. The molecule has 0 aliphatic carbocycles. The van der Waals surface area contributed by atoms with Crippen molar-refractivity contribution in [1.82, 2.24) is 25.0 Å². The number of aryl methyl sites for hydroxylation is 1. The van der Waals surface area contributed by atoms with Crippen LogP contribution in [0.3, 0.4) is 0 Å². The van der Waals surface area contributed by atoms with Crippen LogP contribution >= 0.6 is 0 Å². The molecule has 0 bridgehead atoms. The van der Waals surface area contributed by atoms with Gasteiger partial charge < -0.3 is 5.32 Å². The van der Waals surface area contributed by atoms with Gasteiger partial charge >= 0.3 is 0 Å². The highest BCUT2D eigenvalue weighted by molar-refractivity contribution is 5.81. The molecule has 0 radical (unpaired) electrons. The molecule has 68 valence electrons. The predicted molar refractivity (Wildman–Crippen MR) is 48.3 cm³/mol. The van der Waals surface area contributed by atoms with Gasteiger partial charge in [-0.1, -0.05) is 5.21 Å². The summed E-state index contributed by atoms with van der Waals surface area (Å²) in [6.45, 7) is 2.76. The van der Waals surface area contributed by atoms with E-state index in [1.54, 1.807) is 11.7 Å². The Morgan fingerprint density at radius 2 is 2.31 bits per heavy atom. The van der Waals surface area contributed by atoms with Crippen molar-refractivity contribution in [3.63, 3.8) is 0 Å². The third-order valence-electron chi connectivity index (χ3n) is 1.84. The van der Waals surface area contributed by atoms with Crippen LogP contribution < -0.4 is 5.32 Å². The Morgan fingerprint density at radius 1 is 1.46 bits per heavy atom. The number of hydrogen-bond donors (Lipinski definition) is 1. The fraction of sp³-hybridized carbons (Fsp3) is 0.429. The van der Waals surface area contributed by atoms with E-state index in [1.807, 2.05) is 6.92 Å². The lowest BCUT2D eigenvalue weighted by Gasteiger charge is -1.98. The SMILES string of the molecule is CCn1nnc2c(NC)ncnc21. The molecule has 2 rings (SSSR count). The predicted octanol–water partition coefficient (Wildman–Crippen LogP) is 0.283. The zero-order chi connectivity index (χ0) is 9.26. The number of anilines is 1. The van der Waals surface area contributed by atoms with Crippen LogP contribution in [0.5, 0.6) is 0 Å². The van der Waals surface area contributed by atoms with Gasteiger partial charge in [0.15, 0.2) is 17.0 Å². The van der Waals surface area contributed by atoms with Crippen LogP contribution in [0.1, 0.15) is 6.92 Å². The third kappa shape index (κ3) is 1.10. The number of fused-ring (bicyclic) bond motifs is 1. The zero-order valence-corrected chi connectivity index (χ0v) is 7.52. The summed E-state index contributed by atoms with van der Waals surface area (Å²) in [7, 11) is 1.80. The highest BCUT2D eigenvalue weighted by Crippen LogP contribution is 2.14. The molecule has 0 saturated heterocycles. The Morgan fingerprint density at radius 3 is 3.00 bits per heavy atom. The van der Waals surface area contributed by atoms with Gasteiger partial charge in [-0.15, -0.1) is 5.10 Å². The average Bonchev–Trinajstić information content (AvgIpc) is 2.60. The van der Waals surface area contributed by atoms with Crippen LogP contribution in [-0.4, -0.2) is 32.0 Å². The van der Waals surface area contributed by atoms with E-state index < -0.39 is 0 Å². The van der Waals surface area contributed by atoms with Gasteiger partial charge in [-0.25, -0.2) is 14.6 Å². The van der Waals surface area contributed by atoms with Crippen molar-refractivity contribution < 1.29 is 0 Å². The lowest BCUT2D eigenvalue weighted by molar-refractivity contribution is 0.641. The molecule has 0 aliphatic rings. The number of rotatable bonds is 2. The van der Waals surface area contributed by atoms with Crippen molar-refractivity contribution in [2.45, 2.75) is 13.5 Å². The molecule has 0 fully saturated rings. The van der Waals surface area contributed by atoms with Crippen LogP contribution in [0.15, 0.2) is 6.33 Å². The molecule has 0 saturated carbocycles. The second-order valence-electron chi connectivity index (χ2n) is 2.55. The van der Waals surface area contributed by atoms with Crippen LogP contribution in [-0.2, 0) is 6.54 Å². The van der Waals surface area contributed by atoms with E-state index in [0.29, 0.717) is 11.3 Å². The molecule has 1 N–H and O–H groups in total. The van der Waals surface area contributed by atoms with Gasteiger partial charge in [-0.05, 0) is 6.92 Å². The average molecular weight is 178 g/mol. The topological polar surface area (TPSA) is 68.5 Å². The van der Waals surface area contributed by atoms with E-state index in [2.05, 4.69) is 25.6 Å². The second kappa shape index (κ2) is 2.96. The van der Waals surface area contributed by atoms with Crippen molar-refractivity contribution in [3.8, 4) is 0 Å². The molecule has 6 nitrogen and oxygen atoms in total. The van der Waals surface area contributed by atoms with E-state index in [-0.39, 0.29) is 0 Å². The fourth-order valence-corrected chi connectivity index (χ4v) is 1.19. The summed E-state index contributed by atoms with van der Waals surface area (Å²) in [5.41, 5.74) is 1.48. The monoisotopic (exact) mass is 178 g/mol. The highest BCUT2D eigenvalue weighted by atomic mass is 15.4. The summed E-state index contributed by atoms with van der Waals surface area (Å²) in [6, 6.07) is 0. The molecule has 6 heteroatoms. The number of aromatic nitrogens is 5. The number of hydrogen-bond acceptors (Lipinski definition) is 5. The van der Waals surface area contributed by atoms with Crippen LogP contribution in [0.4, 0.5) is 5.82 Å². The first-order valence-corrected chi connectivity index (χ1v) is 4.08. The maximum atomic E-state index is 4.11. The Bertz CT molecular complexity index is 420. The van der Waals surface area contributed by atoms with E-state index in [4.69, 9.17) is 0 Å². The summed E-state index contributed by atoms with van der Waals surface area (Å²) < 4.78 is 1.73. The van der Waals surface area contributed by atoms with Gasteiger partial charge in [0.1, 0.15) is 6.33 Å². The molecule has 0 aromatic carbocycles. The molecule has 2 aromatic heterocycles. The Kier molecular flexibility index (Phi) is 1.80. The van der Waals surface area contributed by atoms with E-state index >= 15 is 0 Å². The van der Waals surface area contributed by atoms with Gasteiger partial charge in [0.2, 0.25) is 0 Å². The number of nitrogens with one attached hydrogen (secondary N) is 1. The highest BCUT2D eigenvalue weighted by Gasteiger charge is 2.08. The minimum atomic E-state index is 0.713. The minimum Gasteiger partial charge on any atom is -0.371 e. The largest absolute Gasteiger partial charge is 0.371 e. The van der Waals surface area contributed by atoms with Crippen LogP contribution in [0, 0.1) is 0 Å². The number of nitrogens with zero attached hydrogens (tertiary/aromatic N) is 5. The first-order valence-electron chi connectivity index (χ1n) is 4.08. The molecule has 13 heavy (non-hydrogen) atoms.